The van der Waals surface area contributed by atoms with Crippen molar-refractivity contribution in [2.75, 3.05) is 6.54 Å². The summed E-state index contributed by atoms with van der Waals surface area (Å²) in [5.41, 5.74) is 2.89. The molecule has 7 heteroatoms. The van der Waals surface area contributed by atoms with E-state index in [0.29, 0.717) is 29.0 Å². The van der Waals surface area contributed by atoms with Crippen LogP contribution >= 0.6 is 11.6 Å². The second-order valence-electron chi connectivity index (χ2n) is 6.90. The van der Waals surface area contributed by atoms with Crippen molar-refractivity contribution < 1.29 is 14.1 Å². The minimum Gasteiger partial charge on any atom is -0.481 e. The summed E-state index contributed by atoms with van der Waals surface area (Å²) in [5.74, 6) is 1.33. The number of halogens is 1. The van der Waals surface area contributed by atoms with Gasteiger partial charge in [-0.05, 0) is 57.5 Å². The largest absolute Gasteiger partial charge is 0.481 e. The van der Waals surface area contributed by atoms with Crippen LogP contribution in [-0.2, 0) is 11.3 Å². The average molecular weight is 414 g/mol. The van der Waals surface area contributed by atoms with Crippen molar-refractivity contribution in [3.63, 3.8) is 0 Å². The maximum absolute atomic E-state index is 12.8. The van der Waals surface area contributed by atoms with E-state index in [4.69, 9.17) is 20.9 Å². The third-order valence-corrected chi connectivity index (χ3v) is 4.98. The zero-order chi connectivity index (χ0) is 21.0. The van der Waals surface area contributed by atoms with E-state index >= 15 is 0 Å². The molecular weight excluding hydrogens is 390 g/mol. The van der Waals surface area contributed by atoms with Crippen LogP contribution in [0.1, 0.15) is 30.9 Å². The summed E-state index contributed by atoms with van der Waals surface area (Å²) < 4.78 is 11.2. The highest BCUT2D eigenvalue weighted by Crippen LogP contribution is 2.22. The first-order chi connectivity index (χ1) is 13.9. The van der Waals surface area contributed by atoms with E-state index in [9.17, 15) is 4.79 Å². The SMILES string of the molecule is CCN(Cc1nc(-c2cccc(C)c2)no1)C(=O)[C@H](C)Oc1ccc(Cl)c(C)c1. The van der Waals surface area contributed by atoms with Gasteiger partial charge in [0.1, 0.15) is 12.3 Å². The van der Waals surface area contributed by atoms with Crippen LogP contribution in [0, 0.1) is 13.8 Å². The van der Waals surface area contributed by atoms with Gasteiger partial charge in [-0.15, -0.1) is 0 Å². The molecule has 1 amide bonds. The number of aromatic nitrogens is 2. The second kappa shape index (κ2) is 9.09. The van der Waals surface area contributed by atoms with Crippen molar-refractivity contribution in [2.45, 2.75) is 40.3 Å². The predicted molar refractivity (Wildman–Crippen MR) is 112 cm³/mol. The molecule has 0 radical (unpaired) electrons. The van der Waals surface area contributed by atoms with Crippen LogP contribution < -0.4 is 4.74 Å². The zero-order valence-electron chi connectivity index (χ0n) is 17.0. The summed E-state index contributed by atoms with van der Waals surface area (Å²) >= 11 is 6.04. The summed E-state index contributed by atoms with van der Waals surface area (Å²) in [4.78, 5) is 18.9. The van der Waals surface area contributed by atoms with E-state index in [0.717, 1.165) is 16.7 Å². The van der Waals surface area contributed by atoms with Gasteiger partial charge in [0.2, 0.25) is 11.7 Å². The van der Waals surface area contributed by atoms with Gasteiger partial charge >= 0.3 is 0 Å². The highest BCUT2D eigenvalue weighted by molar-refractivity contribution is 6.31. The van der Waals surface area contributed by atoms with Crippen molar-refractivity contribution in [3.8, 4) is 17.1 Å². The van der Waals surface area contributed by atoms with Gasteiger partial charge in [-0.2, -0.15) is 4.98 Å². The molecule has 0 fully saturated rings. The molecule has 3 rings (SSSR count). The maximum Gasteiger partial charge on any atom is 0.263 e. The molecule has 3 aromatic rings. The van der Waals surface area contributed by atoms with E-state index in [1.807, 2.05) is 51.1 Å². The number of ether oxygens (including phenoxy) is 1. The van der Waals surface area contributed by atoms with Crippen LogP contribution in [0.15, 0.2) is 47.0 Å². The van der Waals surface area contributed by atoms with Crippen LogP contribution in [0.4, 0.5) is 0 Å². The number of aryl methyl sites for hydroxylation is 2. The normalized spacial score (nSPS) is 11.9. The third kappa shape index (κ3) is 5.15. The number of carbonyl (C=O) groups is 1. The van der Waals surface area contributed by atoms with E-state index in [2.05, 4.69) is 10.1 Å². The van der Waals surface area contributed by atoms with Crippen LogP contribution in [0.3, 0.4) is 0 Å². The molecule has 0 aliphatic rings. The van der Waals surface area contributed by atoms with Gasteiger partial charge in [-0.3, -0.25) is 4.79 Å². The molecule has 1 atom stereocenters. The lowest BCUT2D eigenvalue weighted by molar-refractivity contribution is -0.138. The molecule has 1 heterocycles. The van der Waals surface area contributed by atoms with Crippen molar-refractivity contribution in [1.29, 1.82) is 0 Å². The molecule has 1 aromatic heterocycles. The van der Waals surface area contributed by atoms with Gasteiger partial charge in [0.15, 0.2) is 6.10 Å². The van der Waals surface area contributed by atoms with Gasteiger partial charge in [-0.25, -0.2) is 0 Å². The van der Waals surface area contributed by atoms with Gasteiger partial charge in [0, 0.05) is 17.1 Å². The number of rotatable bonds is 7. The van der Waals surface area contributed by atoms with Crippen LogP contribution in [0.5, 0.6) is 5.75 Å². The molecule has 29 heavy (non-hydrogen) atoms. The van der Waals surface area contributed by atoms with Gasteiger partial charge in [0.05, 0.1) is 0 Å². The van der Waals surface area contributed by atoms with Gasteiger partial charge in [-0.1, -0.05) is 40.5 Å². The molecule has 0 N–H and O–H groups in total. The standard InChI is InChI=1S/C22H24ClN3O3/c1-5-26(22(27)16(4)28-18-9-10-19(23)15(3)12-18)13-20-24-21(25-29-20)17-8-6-7-14(2)11-17/h6-12,16H,5,13H2,1-4H3/t16-/m0/s1. The Bertz CT molecular complexity index is 1000. The lowest BCUT2D eigenvalue weighted by atomic mass is 10.1. The van der Waals surface area contributed by atoms with E-state index < -0.39 is 6.10 Å². The molecule has 0 saturated carbocycles. The monoisotopic (exact) mass is 413 g/mol. The highest BCUT2D eigenvalue weighted by atomic mass is 35.5. The van der Waals surface area contributed by atoms with Crippen molar-refractivity contribution in [3.05, 3.63) is 64.5 Å². The van der Waals surface area contributed by atoms with Crippen LogP contribution in [0.25, 0.3) is 11.4 Å². The number of carbonyl (C=O) groups excluding carboxylic acids is 1. The Morgan fingerprint density at radius 3 is 2.72 bits per heavy atom. The summed E-state index contributed by atoms with van der Waals surface area (Å²) in [7, 11) is 0. The number of amides is 1. The molecule has 0 unspecified atom stereocenters. The second-order valence-corrected chi connectivity index (χ2v) is 7.31. The predicted octanol–water partition coefficient (Wildman–Crippen LogP) is 4.82. The smallest absolute Gasteiger partial charge is 0.263 e. The summed E-state index contributed by atoms with van der Waals surface area (Å²) in [6.07, 6.45) is -0.658. The van der Waals surface area contributed by atoms with E-state index in [1.165, 1.54) is 0 Å². The number of nitrogens with zero attached hydrogens (tertiary/aromatic N) is 3. The first-order valence-electron chi connectivity index (χ1n) is 9.48. The quantitative estimate of drug-likeness (QED) is 0.555. The molecule has 6 nitrogen and oxygen atoms in total. The summed E-state index contributed by atoms with van der Waals surface area (Å²) in [5, 5.41) is 4.70. The Morgan fingerprint density at radius 2 is 2.03 bits per heavy atom. The maximum atomic E-state index is 12.8. The minimum absolute atomic E-state index is 0.157. The third-order valence-electron chi connectivity index (χ3n) is 4.55. The Labute approximate surface area is 175 Å². The first kappa shape index (κ1) is 20.9. The zero-order valence-corrected chi connectivity index (χ0v) is 17.7. The first-order valence-corrected chi connectivity index (χ1v) is 9.86. The molecule has 0 aliphatic carbocycles. The Balaban J connectivity index is 1.67. The number of hydrogen-bond acceptors (Lipinski definition) is 5. The van der Waals surface area contributed by atoms with Crippen molar-refractivity contribution in [2.24, 2.45) is 0 Å². The lowest BCUT2D eigenvalue weighted by Gasteiger charge is -2.23. The average Bonchev–Trinajstić information content (AvgIpc) is 3.17. The fourth-order valence-corrected chi connectivity index (χ4v) is 3.05. The van der Waals surface area contributed by atoms with Crippen LogP contribution in [0.2, 0.25) is 5.02 Å². The fourth-order valence-electron chi connectivity index (χ4n) is 2.93. The Kier molecular flexibility index (Phi) is 6.54. The van der Waals surface area contributed by atoms with E-state index in [1.54, 1.807) is 24.0 Å². The fraction of sp³-hybridized carbons (Fsp3) is 0.318. The van der Waals surface area contributed by atoms with Gasteiger partial charge < -0.3 is 14.2 Å². The number of benzene rings is 2. The van der Waals surface area contributed by atoms with E-state index in [-0.39, 0.29) is 12.5 Å². The van der Waals surface area contributed by atoms with Crippen LogP contribution in [-0.4, -0.2) is 33.6 Å². The van der Waals surface area contributed by atoms with Crippen molar-refractivity contribution in [1.82, 2.24) is 15.0 Å². The summed E-state index contributed by atoms with van der Waals surface area (Å²) in [6.45, 7) is 8.23. The molecule has 0 bridgehead atoms. The number of hydrogen-bond donors (Lipinski definition) is 0. The Hall–Kier alpha value is -2.86. The lowest BCUT2D eigenvalue weighted by Crippen LogP contribution is -2.40. The minimum atomic E-state index is -0.658. The topological polar surface area (TPSA) is 68.5 Å². The Morgan fingerprint density at radius 1 is 1.24 bits per heavy atom. The van der Waals surface area contributed by atoms with Crippen molar-refractivity contribution >= 4 is 17.5 Å². The number of likely N-dealkylation sites (N-methyl/N-ethyl adjacent to an activating group) is 1. The molecule has 0 aliphatic heterocycles. The van der Waals surface area contributed by atoms with Gasteiger partial charge in [0.25, 0.3) is 5.91 Å². The highest BCUT2D eigenvalue weighted by Gasteiger charge is 2.23. The molecular formula is C22H24ClN3O3. The molecule has 0 spiro atoms. The summed E-state index contributed by atoms with van der Waals surface area (Å²) in [6, 6.07) is 13.2. The molecule has 2 aromatic carbocycles. The molecule has 152 valence electrons. The molecule has 0 saturated heterocycles.